The van der Waals surface area contributed by atoms with Crippen molar-refractivity contribution in [2.45, 2.75) is 27.7 Å². The van der Waals surface area contributed by atoms with Gasteiger partial charge in [0.2, 0.25) is 0 Å². The Kier molecular flexibility index (Phi) is 8.41. The molecule has 0 aliphatic carbocycles. The molecule has 0 unspecified atom stereocenters. The third-order valence-electron chi connectivity index (χ3n) is 2.66. The van der Waals surface area contributed by atoms with E-state index in [-0.39, 0.29) is 0 Å². The minimum absolute atomic E-state index is 0.991. The van der Waals surface area contributed by atoms with Crippen molar-refractivity contribution in [3.63, 3.8) is 0 Å². The standard InChI is InChI=1S/C9H11NS.C8H6S.C2H6/c1-4-6-9-8(5-2)10-7(3)11-9;1-2-4-8-7(3-1)5-6-9-8;1-2/h4-6H,2H2,1,3H3;1-6H;1-2H3/b6-4-;;. The van der Waals surface area contributed by atoms with E-state index in [9.17, 15) is 0 Å². The first kappa shape index (κ1) is 18.3. The van der Waals surface area contributed by atoms with Gasteiger partial charge in [0.05, 0.1) is 15.6 Å². The average molecular weight is 330 g/mol. The topological polar surface area (TPSA) is 12.9 Å². The van der Waals surface area contributed by atoms with Crippen molar-refractivity contribution in [2.24, 2.45) is 0 Å². The molecule has 0 saturated carbocycles. The van der Waals surface area contributed by atoms with Crippen molar-refractivity contribution < 1.29 is 0 Å². The molecule has 0 amide bonds. The fraction of sp³-hybridized carbons (Fsp3) is 0.211. The molecule has 0 fully saturated rings. The fourth-order valence-electron chi connectivity index (χ4n) is 1.78. The number of aryl methyl sites for hydroxylation is 1. The lowest BCUT2D eigenvalue weighted by molar-refractivity contribution is 1.27. The van der Waals surface area contributed by atoms with Crippen molar-refractivity contribution in [3.8, 4) is 0 Å². The summed E-state index contributed by atoms with van der Waals surface area (Å²) in [5.41, 5.74) is 0.991. The van der Waals surface area contributed by atoms with Gasteiger partial charge in [0, 0.05) is 4.70 Å². The van der Waals surface area contributed by atoms with E-state index in [1.54, 1.807) is 28.7 Å². The number of thiazole rings is 1. The molecule has 3 rings (SSSR count). The van der Waals surface area contributed by atoms with Crippen LogP contribution in [0, 0.1) is 6.92 Å². The number of rotatable bonds is 2. The Labute approximate surface area is 141 Å². The smallest absolute Gasteiger partial charge is 0.0907 e. The summed E-state index contributed by atoms with van der Waals surface area (Å²) in [6.45, 7) is 11.7. The van der Waals surface area contributed by atoms with Crippen LogP contribution in [0.4, 0.5) is 0 Å². The molecule has 1 nitrogen and oxygen atoms in total. The highest BCUT2D eigenvalue weighted by atomic mass is 32.1. The zero-order valence-corrected chi connectivity index (χ0v) is 15.3. The minimum atomic E-state index is 0.991. The third-order valence-corrected chi connectivity index (χ3v) is 4.51. The molecule has 116 valence electrons. The Morgan fingerprint density at radius 3 is 2.50 bits per heavy atom. The van der Waals surface area contributed by atoms with E-state index in [0.717, 1.165) is 10.7 Å². The van der Waals surface area contributed by atoms with E-state index in [0.29, 0.717) is 0 Å². The Hall–Kier alpha value is -1.71. The van der Waals surface area contributed by atoms with Gasteiger partial charge in [-0.25, -0.2) is 4.98 Å². The zero-order valence-electron chi connectivity index (χ0n) is 13.7. The number of thiophene rings is 1. The average Bonchev–Trinajstić information content (AvgIpc) is 3.16. The summed E-state index contributed by atoms with van der Waals surface area (Å²) in [6, 6.07) is 10.5. The first-order valence-corrected chi connectivity index (χ1v) is 9.09. The van der Waals surface area contributed by atoms with E-state index in [1.165, 1.54) is 15.0 Å². The second kappa shape index (κ2) is 10.1. The van der Waals surface area contributed by atoms with Gasteiger partial charge in [0.25, 0.3) is 0 Å². The molecule has 0 N–H and O–H groups in total. The van der Waals surface area contributed by atoms with Crippen LogP contribution >= 0.6 is 22.7 Å². The number of hydrogen-bond donors (Lipinski definition) is 0. The molecular weight excluding hydrogens is 306 g/mol. The van der Waals surface area contributed by atoms with Gasteiger partial charge < -0.3 is 0 Å². The summed E-state index contributed by atoms with van der Waals surface area (Å²) in [7, 11) is 0. The summed E-state index contributed by atoms with van der Waals surface area (Å²) in [6.07, 6.45) is 5.86. The van der Waals surface area contributed by atoms with E-state index < -0.39 is 0 Å². The van der Waals surface area contributed by atoms with Gasteiger partial charge in [-0.2, -0.15) is 0 Å². The third kappa shape index (κ3) is 5.24. The molecule has 3 heteroatoms. The Morgan fingerprint density at radius 1 is 1.14 bits per heavy atom. The van der Waals surface area contributed by atoms with Gasteiger partial charge in [-0.3, -0.25) is 0 Å². The molecule has 0 saturated heterocycles. The van der Waals surface area contributed by atoms with Gasteiger partial charge in [-0.1, -0.05) is 44.7 Å². The predicted octanol–water partition coefficient (Wildman–Crippen LogP) is 7.06. The zero-order chi connectivity index (χ0) is 16.4. The van der Waals surface area contributed by atoms with Crippen molar-refractivity contribution >= 4 is 44.9 Å². The maximum atomic E-state index is 4.30. The number of benzene rings is 1. The number of fused-ring (bicyclic) bond motifs is 1. The molecule has 0 aliphatic heterocycles. The van der Waals surface area contributed by atoms with Crippen LogP contribution in [0.5, 0.6) is 0 Å². The van der Waals surface area contributed by atoms with Crippen molar-refractivity contribution in [2.75, 3.05) is 0 Å². The summed E-state index contributed by atoms with van der Waals surface area (Å²) in [5.74, 6) is 0. The van der Waals surface area contributed by atoms with Crippen LogP contribution in [-0.2, 0) is 0 Å². The lowest BCUT2D eigenvalue weighted by atomic mass is 10.3. The first-order chi connectivity index (χ1) is 10.7. The van der Waals surface area contributed by atoms with Crippen LogP contribution in [0.25, 0.3) is 22.2 Å². The van der Waals surface area contributed by atoms with E-state index >= 15 is 0 Å². The van der Waals surface area contributed by atoms with Gasteiger partial charge in [0.1, 0.15) is 0 Å². The van der Waals surface area contributed by atoms with E-state index in [4.69, 9.17) is 0 Å². The number of aromatic nitrogens is 1. The maximum absolute atomic E-state index is 4.30. The van der Waals surface area contributed by atoms with Gasteiger partial charge in [-0.05, 0) is 48.9 Å². The molecule has 0 radical (unpaired) electrons. The predicted molar refractivity (Wildman–Crippen MR) is 105 cm³/mol. The SMILES string of the molecule is C=Cc1nc(C)sc1/C=C\C.CC.c1ccc2sccc2c1. The second-order valence-electron chi connectivity index (χ2n) is 4.14. The first-order valence-electron chi connectivity index (χ1n) is 7.39. The van der Waals surface area contributed by atoms with Crippen LogP contribution in [0.2, 0.25) is 0 Å². The highest BCUT2D eigenvalue weighted by Gasteiger charge is 2.00. The minimum Gasteiger partial charge on any atom is -0.242 e. The lowest BCUT2D eigenvalue weighted by Gasteiger charge is -1.84. The van der Waals surface area contributed by atoms with Crippen LogP contribution < -0.4 is 0 Å². The molecule has 0 spiro atoms. The van der Waals surface area contributed by atoms with Crippen molar-refractivity contribution in [1.82, 2.24) is 4.98 Å². The van der Waals surface area contributed by atoms with Crippen LogP contribution in [0.1, 0.15) is 36.3 Å². The molecule has 2 aromatic heterocycles. The van der Waals surface area contributed by atoms with E-state index in [1.807, 2.05) is 33.8 Å². The molecule has 3 aromatic rings. The van der Waals surface area contributed by atoms with Gasteiger partial charge >= 0.3 is 0 Å². The number of nitrogens with zero attached hydrogens (tertiary/aromatic N) is 1. The number of allylic oxidation sites excluding steroid dienone is 1. The molecule has 0 bridgehead atoms. The summed E-state index contributed by atoms with van der Waals surface area (Å²) < 4.78 is 1.37. The molecule has 0 atom stereocenters. The van der Waals surface area contributed by atoms with Crippen LogP contribution in [-0.4, -0.2) is 4.98 Å². The second-order valence-corrected chi connectivity index (χ2v) is 6.33. The summed E-state index contributed by atoms with van der Waals surface area (Å²) in [4.78, 5) is 5.49. The Morgan fingerprint density at radius 2 is 1.86 bits per heavy atom. The molecule has 1 aromatic carbocycles. The highest BCUT2D eigenvalue weighted by molar-refractivity contribution is 7.17. The van der Waals surface area contributed by atoms with Crippen LogP contribution in [0.15, 0.2) is 48.4 Å². The molecule has 22 heavy (non-hydrogen) atoms. The molecule has 0 aliphatic rings. The highest BCUT2D eigenvalue weighted by Crippen LogP contribution is 2.20. The molecular formula is C19H23NS2. The van der Waals surface area contributed by atoms with Crippen molar-refractivity contribution in [3.05, 3.63) is 63.9 Å². The quantitative estimate of drug-likeness (QED) is 0.490. The van der Waals surface area contributed by atoms with Gasteiger partial charge in [0.15, 0.2) is 0 Å². The largest absolute Gasteiger partial charge is 0.242 e. The maximum Gasteiger partial charge on any atom is 0.0907 e. The van der Waals surface area contributed by atoms with Crippen molar-refractivity contribution in [1.29, 1.82) is 0 Å². The van der Waals surface area contributed by atoms with E-state index in [2.05, 4.69) is 53.4 Å². The van der Waals surface area contributed by atoms with Crippen LogP contribution in [0.3, 0.4) is 0 Å². The summed E-state index contributed by atoms with van der Waals surface area (Å²) >= 11 is 3.48. The Balaban J connectivity index is 0.000000200. The molecule has 2 heterocycles. The normalized spacial score (nSPS) is 9.82. The summed E-state index contributed by atoms with van der Waals surface area (Å²) in [5, 5.41) is 4.56. The number of hydrogen-bond acceptors (Lipinski definition) is 3. The monoisotopic (exact) mass is 329 g/mol. The fourth-order valence-corrected chi connectivity index (χ4v) is 3.47. The van der Waals surface area contributed by atoms with Gasteiger partial charge in [-0.15, -0.1) is 22.7 Å². The Bertz CT molecular complexity index is 690. The lowest BCUT2D eigenvalue weighted by Crippen LogP contribution is -1.73.